The Kier molecular flexibility index (Phi) is 8.51. The smallest absolute Gasteiger partial charge is 0.251 e. The fourth-order valence-corrected chi connectivity index (χ4v) is 4.57. The number of aryl methyl sites for hydroxylation is 1. The predicted molar refractivity (Wildman–Crippen MR) is 121 cm³/mol. The Labute approximate surface area is 180 Å². The number of nitrogens with zero attached hydrogens (tertiary/aromatic N) is 2. The first-order valence-electron chi connectivity index (χ1n) is 11.3. The van der Waals surface area contributed by atoms with Crippen LogP contribution in [0.1, 0.15) is 48.0 Å². The van der Waals surface area contributed by atoms with Crippen molar-refractivity contribution in [3.05, 3.63) is 35.4 Å². The molecule has 0 radical (unpaired) electrons. The molecule has 7 nitrogen and oxygen atoms in total. The van der Waals surface area contributed by atoms with Crippen molar-refractivity contribution in [3.8, 4) is 0 Å². The molecule has 1 saturated carbocycles. The zero-order valence-electron chi connectivity index (χ0n) is 18.5. The minimum Gasteiger partial charge on any atom is -0.379 e. The van der Waals surface area contributed by atoms with Crippen molar-refractivity contribution in [1.82, 2.24) is 20.9 Å². The van der Waals surface area contributed by atoms with Crippen molar-refractivity contribution in [2.24, 2.45) is 4.99 Å². The van der Waals surface area contributed by atoms with Crippen LogP contribution in [0.25, 0.3) is 0 Å². The molecule has 0 spiro atoms. The number of morpholine rings is 1. The number of guanidine groups is 1. The lowest BCUT2D eigenvalue weighted by molar-refractivity contribution is -0.0352. The van der Waals surface area contributed by atoms with Crippen LogP contribution in [-0.4, -0.2) is 75.3 Å². The van der Waals surface area contributed by atoms with Crippen molar-refractivity contribution in [2.75, 3.05) is 53.0 Å². The van der Waals surface area contributed by atoms with E-state index in [2.05, 4.69) is 25.8 Å². The van der Waals surface area contributed by atoms with Gasteiger partial charge in [-0.2, -0.15) is 0 Å². The molecule has 2 fully saturated rings. The van der Waals surface area contributed by atoms with Gasteiger partial charge in [0.05, 0.1) is 13.2 Å². The number of carbonyl (C=O) groups excluding carboxylic acids is 1. The van der Waals surface area contributed by atoms with Crippen molar-refractivity contribution in [3.63, 3.8) is 0 Å². The number of carbonyl (C=O) groups is 1. The SMILES string of the molecule is CN=C(NCCNC(=O)c1cccc(C)c1)NCC1(N2CCOCC2)CCCCC1. The molecule has 166 valence electrons. The van der Waals surface area contributed by atoms with Gasteiger partial charge in [0.15, 0.2) is 5.96 Å². The molecule has 2 aliphatic rings. The van der Waals surface area contributed by atoms with E-state index in [1.54, 1.807) is 7.05 Å². The van der Waals surface area contributed by atoms with Gasteiger partial charge in [0.2, 0.25) is 0 Å². The molecule has 7 heteroatoms. The summed E-state index contributed by atoms with van der Waals surface area (Å²) in [7, 11) is 1.79. The molecule has 1 aromatic rings. The Morgan fingerprint density at radius 3 is 2.53 bits per heavy atom. The van der Waals surface area contributed by atoms with E-state index in [-0.39, 0.29) is 11.4 Å². The summed E-state index contributed by atoms with van der Waals surface area (Å²) in [5.41, 5.74) is 1.98. The molecule has 1 heterocycles. The highest BCUT2D eigenvalue weighted by molar-refractivity contribution is 5.94. The molecule has 1 aliphatic carbocycles. The highest BCUT2D eigenvalue weighted by Crippen LogP contribution is 2.33. The molecule has 1 amide bonds. The summed E-state index contributed by atoms with van der Waals surface area (Å²) in [6.07, 6.45) is 6.36. The predicted octanol–water partition coefficient (Wildman–Crippen LogP) is 1.92. The maximum atomic E-state index is 12.3. The zero-order chi connectivity index (χ0) is 21.2. The monoisotopic (exact) mass is 415 g/mol. The van der Waals surface area contributed by atoms with Crippen LogP contribution in [0.15, 0.2) is 29.3 Å². The van der Waals surface area contributed by atoms with Crippen LogP contribution in [-0.2, 0) is 4.74 Å². The normalized spacial score (nSPS) is 19.9. The van der Waals surface area contributed by atoms with Gasteiger partial charge in [-0.05, 0) is 31.9 Å². The van der Waals surface area contributed by atoms with E-state index in [0.717, 1.165) is 44.4 Å². The second-order valence-electron chi connectivity index (χ2n) is 8.36. The second kappa shape index (κ2) is 11.3. The van der Waals surface area contributed by atoms with E-state index in [0.29, 0.717) is 18.7 Å². The van der Waals surface area contributed by atoms with Crippen LogP contribution in [0.3, 0.4) is 0 Å². The van der Waals surface area contributed by atoms with Gasteiger partial charge in [-0.15, -0.1) is 0 Å². The molecule has 1 aliphatic heterocycles. The Balaban J connectivity index is 1.44. The Morgan fingerprint density at radius 1 is 1.10 bits per heavy atom. The average molecular weight is 416 g/mol. The van der Waals surface area contributed by atoms with Crippen LogP contribution in [0.5, 0.6) is 0 Å². The summed E-state index contributed by atoms with van der Waals surface area (Å²) in [6.45, 7) is 7.73. The highest BCUT2D eigenvalue weighted by Gasteiger charge is 2.38. The number of rotatable bonds is 7. The lowest BCUT2D eigenvalue weighted by Crippen LogP contribution is -2.60. The molecule has 30 heavy (non-hydrogen) atoms. The molecule has 0 unspecified atom stereocenters. The summed E-state index contributed by atoms with van der Waals surface area (Å²) in [6, 6.07) is 7.64. The lowest BCUT2D eigenvalue weighted by Gasteiger charge is -2.48. The van der Waals surface area contributed by atoms with Gasteiger partial charge in [0.25, 0.3) is 5.91 Å². The van der Waals surface area contributed by atoms with E-state index in [1.165, 1.54) is 32.1 Å². The fraction of sp³-hybridized carbons (Fsp3) is 0.652. The molecule has 0 atom stereocenters. The van der Waals surface area contributed by atoms with Crippen molar-refractivity contribution in [1.29, 1.82) is 0 Å². The molecule has 3 rings (SSSR count). The third-order valence-electron chi connectivity index (χ3n) is 6.26. The summed E-state index contributed by atoms with van der Waals surface area (Å²) in [5.74, 6) is 0.745. The first-order chi connectivity index (χ1) is 14.6. The molecular formula is C23H37N5O2. The third kappa shape index (κ3) is 6.19. The maximum Gasteiger partial charge on any atom is 0.251 e. The molecule has 1 aromatic carbocycles. The standard InChI is InChI=1S/C23H37N5O2/c1-19-7-6-8-20(17-19)21(29)25-11-12-26-22(24-2)27-18-23(9-4-3-5-10-23)28-13-15-30-16-14-28/h6-8,17H,3-5,9-16,18H2,1-2H3,(H,25,29)(H2,24,26,27). The van der Waals surface area contributed by atoms with Crippen LogP contribution in [0, 0.1) is 6.92 Å². The maximum absolute atomic E-state index is 12.3. The fourth-order valence-electron chi connectivity index (χ4n) is 4.57. The Morgan fingerprint density at radius 2 is 1.83 bits per heavy atom. The molecule has 0 aromatic heterocycles. The highest BCUT2D eigenvalue weighted by atomic mass is 16.5. The van der Waals surface area contributed by atoms with Crippen LogP contribution >= 0.6 is 0 Å². The summed E-state index contributed by atoms with van der Waals surface area (Å²) < 4.78 is 5.57. The number of hydrogen-bond acceptors (Lipinski definition) is 4. The number of aliphatic imine (C=N–C) groups is 1. The molecule has 0 bridgehead atoms. The third-order valence-corrected chi connectivity index (χ3v) is 6.26. The van der Waals surface area contributed by atoms with Gasteiger partial charge in [-0.3, -0.25) is 14.7 Å². The van der Waals surface area contributed by atoms with Crippen molar-refractivity contribution >= 4 is 11.9 Å². The van der Waals surface area contributed by atoms with Gasteiger partial charge in [0.1, 0.15) is 0 Å². The van der Waals surface area contributed by atoms with Gasteiger partial charge >= 0.3 is 0 Å². The first-order valence-corrected chi connectivity index (χ1v) is 11.3. The lowest BCUT2D eigenvalue weighted by atomic mass is 9.80. The molecule has 1 saturated heterocycles. The number of hydrogen-bond donors (Lipinski definition) is 3. The summed E-state index contributed by atoms with van der Waals surface area (Å²) in [5, 5.41) is 9.84. The van der Waals surface area contributed by atoms with Crippen molar-refractivity contribution < 1.29 is 9.53 Å². The number of nitrogens with one attached hydrogen (secondary N) is 3. The van der Waals surface area contributed by atoms with Crippen molar-refractivity contribution in [2.45, 2.75) is 44.6 Å². The van der Waals surface area contributed by atoms with E-state index in [1.807, 2.05) is 31.2 Å². The van der Waals surface area contributed by atoms with Gasteiger partial charge in [-0.1, -0.05) is 37.0 Å². The molecular weight excluding hydrogens is 378 g/mol. The summed E-state index contributed by atoms with van der Waals surface area (Å²) in [4.78, 5) is 19.3. The Bertz CT molecular complexity index is 709. The van der Waals surface area contributed by atoms with Gasteiger partial charge < -0.3 is 20.7 Å². The first kappa shape index (κ1) is 22.6. The van der Waals surface area contributed by atoms with Crippen LogP contribution in [0.2, 0.25) is 0 Å². The van der Waals surface area contributed by atoms with E-state index in [9.17, 15) is 4.79 Å². The topological polar surface area (TPSA) is 78.0 Å². The zero-order valence-corrected chi connectivity index (χ0v) is 18.5. The molecule has 3 N–H and O–H groups in total. The summed E-state index contributed by atoms with van der Waals surface area (Å²) >= 11 is 0. The van der Waals surface area contributed by atoms with E-state index >= 15 is 0 Å². The average Bonchev–Trinajstić information content (AvgIpc) is 2.79. The van der Waals surface area contributed by atoms with Gasteiger partial charge in [0, 0.05) is 50.9 Å². The number of amides is 1. The van der Waals surface area contributed by atoms with Crippen LogP contribution in [0.4, 0.5) is 0 Å². The number of ether oxygens (including phenoxy) is 1. The Hall–Kier alpha value is -2.12. The van der Waals surface area contributed by atoms with E-state index in [4.69, 9.17) is 4.74 Å². The van der Waals surface area contributed by atoms with Gasteiger partial charge in [-0.25, -0.2) is 0 Å². The van der Waals surface area contributed by atoms with Crippen LogP contribution < -0.4 is 16.0 Å². The largest absolute Gasteiger partial charge is 0.379 e. The van der Waals surface area contributed by atoms with E-state index < -0.39 is 0 Å². The minimum atomic E-state index is -0.0445. The quantitative estimate of drug-likeness (QED) is 0.360. The number of benzene rings is 1. The minimum absolute atomic E-state index is 0.0445. The second-order valence-corrected chi connectivity index (χ2v) is 8.36.